The van der Waals surface area contributed by atoms with Crippen LogP contribution in [0.25, 0.3) is 0 Å². The van der Waals surface area contributed by atoms with E-state index in [1.54, 1.807) is 0 Å². The van der Waals surface area contributed by atoms with Gasteiger partial charge in [-0.1, -0.05) is 13.8 Å². The van der Waals surface area contributed by atoms with E-state index in [9.17, 15) is 4.79 Å². The summed E-state index contributed by atoms with van der Waals surface area (Å²) in [7, 11) is 0. The summed E-state index contributed by atoms with van der Waals surface area (Å²) >= 11 is 0. The molecule has 1 unspecified atom stereocenters. The van der Waals surface area contributed by atoms with Gasteiger partial charge < -0.3 is 15.4 Å². The molecule has 1 heterocycles. The SMILES string of the molecule is CC1(C)CCC(CNC(=O)CC2CNCCO2)CC1.Cl. The van der Waals surface area contributed by atoms with Gasteiger partial charge in [-0.05, 0) is 37.0 Å². The van der Waals surface area contributed by atoms with E-state index in [4.69, 9.17) is 4.74 Å². The van der Waals surface area contributed by atoms with Crippen molar-refractivity contribution in [3.63, 3.8) is 0 Å². The molecule has 118 valence electrons. The summed E-state index contributed by atoms with van der Waals surface area (Å²) in [5, 5.41) is 6.33. The molecule has 20 heavy (non-hydrogen) atoms. The van der Waals surface area contributed by atoms with E-state index in [0.29, 0.717) is 17.8 Å². The molecule has 0 aromatic carbocycles. The lowest BCUT2D eigenvalue weighted by Crippen LogP contribution is -2.42. The summed E-state index contributed by atoms with van der Waals surface area (Å²) in [5.41, 5.74) is 0.502. The fourth-order valence-corrected chi connectivity index (χ4v) is 2.95. The highest BCUT2D eigenvalue weighted by Crippen LogP contribution is 2.37. The van der Waals surface area contributed by atoms with Crippen LogP contribution in [0.15, 0.2) is 0 Å². The van der Waals surface area contributed by atoms with Gasteiger partial charge in [0.15, 0.2) is 0 Å². The zero-order valence-corrected chi connectivity index (χ0v) is 13.6. The molecule has 2 N–H and O–H groups in total. The van der Waals surface area contributed by atoms with E-state index in [0.717, 1.165) is 26.2 Å². The molecule has 1 saturated carbocycles. The minimum Gasteiger partial charge on any atom is -0.375 e. The standard InChI is InChI=1S/C15H28N2O2.ClH/c1-15(2)5-3-12(4-6-15)10-17-14(18)9-13-11-16-7-8-19-13;/h12-13,16H,3-11H2,1-2H3,(H,17,18);1H. The monoisotopic (exact) mass is 304 g/mol. The van der Waals surface area contributed by atoms with Gasteiger partial charge in [0.2, 0.25) is 5.91 Å². The molecule has 2 aliphatic rings. The molecule has 1 amide bonds. The fourth-order valence-electron chi connectivity index (χ4n) is 2.95. The van der Waals surface area contributed by atoms with Crippen molar-refractivity contribution >= 4 is 18.3 Å². The normalized spacial score (nSPS) is 26.6. The molecule has 2 rings (SSSR count). The summed E-state index contributed by atoms with van der Waals surface area (Å²) in [5.74, 6) is 0.806. The lowest BCUT2D eigenvalue weighted by Gasteiger charge is -2.34. The number of rotatable bonds is 4. The van der Waals surface area contributed by atoms with Crippen molar-refractivity contribution < 1.29 is 9.53 Å². The highest BCUT2D eigenvalue weighted by Gasteiger charge is 2.27. The van der Waals surface area contributed by atoms with Crippen molar-refractivity contribution in [2.75, 3.05) is 26.2 Å². The Labute approximate surface area is 128 Å². The number of nitrogens with one attached hydrogen (secondary N) is 2. The van der Waals surface area contributed by atoms with E-state index in [1.807, 2.05) is 0 Å². The number of amides is 1. The molecule has 0 aromatic heterocycles. The Bertz CT molecular complexity index is 294. The van der Waals surface area contributed by atoms with Crippen molar-refractivity contribution in [2.45, 2.75) is 52.1 Å². The van der Waals surface area contributed by atoms with E-state index in [2.05, 4.69) is 24.5 Å². The lowest BCUT2D eigenvalue weighted by atomic mass is 9.73. The van der Waals surface area contributed by atoms with Gasteiger partial charge in [0, 0.05) is 19.6 Å². The van der Waals surface area contributed by atoms with Crippen molar-refractivity contribution in [3.05, 3.63) is 0 Å². The Morgan fingerprint density at radius 3 is 2.65 bits per heavy atom. The van der Waals surface area contributed by atoms with Crippen LogP contribution in [0, 0.1) is 11.3 Å². The van der Waals surface area contributed by atoms with Gasteiger partial charge in [-0.15, -0.1) is 12.4 Å². The number of carbonyl (C=O) groups is 1. The molecule has 4 nitrogen and oxygen atoms in total. The van der Waals surface area contributed by atoms with Crippen LogP contribution in [0.4, 0.5) is 0 Å². The van der Waals surface area contributed by atoms with Crippen molar-refractivity contribution in [2.24, 2.45) is 11.3 Å². The molecule has 0 spiro atoms. The number of hydrogen-bond acceptors (Lipinski definition) is 3. The fraction of sp³-hybridized carbons (Fsp3) is 0.933. The van der Waals surface area contributed by atoms with Crippen LogP contribution in [0.2, 0.25) is 0 Å². The molecule has 0 aromatic rings. The summed E-state index contributed by atoms with van der Waals surface area (Å²) < 4.78 is 5.54. The van der Waals surface area contributed by atoms with E-state index in [-0.39, 0.29) is 24.4 Å². The average Bonchev–Trinajstić information content (AvgIpc) is 2.39. The molecular weight excluding hydrogens is 276 g/mol. The summed E-state index contributed by atoms with van der Waals surface area (Å²) in [6.07, 6.45) is 5.60. The topological polar surface area (TPSA) is 50.4 Å². The van der Waals surface area contributed by atoms with Gasteiger partial charge in [0.05, 0.1) is 19.1 Å². The second-order valence-electron chi connectivity index (χ2n) is 6.81. The van der Waals surface area contributed by atoms with Crippen LogP contribution in [-0.2, 0) is 9.53 Å². The average molecular weight is 305 g/mol. The molecule has 2 fully saturated rings. The molecule has 0 radical (unpaired) electrons. The van der Waals surface area contributed by atoms with E-state index < -0.39 is 0 Å². The zero-order valence-electron chi connectivity index (χ0n) is 12.7. The van der Waals surface area contributed by atoms with Gasteiger partial charge in [-0.3, -0.25) is 4.79 Å². The smallest absolute Gasteiger partial charge is 0.222 e. The maximum Gasteiger partial charge on any atom is 0.222 e. The summed E-state index contributed by atoms with van der Waals surface area (Å²) in [6, 6.07) is 0. The van der Waals surface area contributed by atoms with Crippen molar-refractivity contribution in [1.29, 1.82) is 0 Å². The van der Waals surface area contributed by atoms with Crippen LogP contribution in [0.5, 0.6) is 0 Å². The molecule has 1 aliphatic carbocycles. The number of carbonyl (C=O) groups excluding carboxylic acids is 1. The number of hydrogen-bond donors (Lipinski definition) is 2. The first kappa shape index (κ1) is 17.7. The highest BCUT2D eigenvalue weighted by atomic mass is 35.5. The summed E-state index contributed by atoms with van der Waals surface area (Å²) in [6.45, 7) is 7.94. The van der Waals surface area contributed by atoms with Crippen LogP contribution in [-0.4, -0.2) is 38.3 Å². The van der Waals surface area contributed by atoms with Gasteiger partial charge >= 0.3 is 0 Å². The molecule has 5 heteroatoms. The van der Waals surface area contributed by atoms with Crippen LogP contribution >= 0.6 is 12.4 Å². The van der Waals surface area contributed by atoms with Crippen molar-refractivity contribution in [1.82, 2.24) is 10.6 Å². The number of morpholine rings is 1. The third-order valence-electron chi connectivity index (χ3n) is 4.46. The third kappa shape index (κ3) is 5.98. The minimum absolute atomic E-state index is 0. The number of ether oxygens (including phenoxy) is 1. The van der Waals surface area contributed by atoms with Gasteiger partial charge in [0.25, 0.3) is 0 Å². The maximum absolute atomic E-state index is 11.9. The maximum atomic E-state index is 11.9. The van der Waals surface area contributed by atoms with E-state index >= 15 is 0 Å². The predicted octanol–water partition coefficient (Wildman–Crippen LogP) is 2.12. The Balaban J connectivity index is 0.00000200. The molecule has 1 saturated heterocycles. The molecule has 0 bridgehead atoms. The Morgan fingerprint density at radius 2 is 2.05 bits per heavy atom. The second-order valence-corrected chi connectivity index (χ2v) is 6.81. The van der Waals surface area contributed by atoms with Crippen LogP contribution in [0.3, 0.4) is 0 Å². The molecule has 1 aliphatic heterocycles. The van der Waals surface area contributed by atoms with Gasteiger partial charge in [-0.25, -0.2) is 0 Å². The Morgan fingerprint density at radius 1 is 1.35 bits per heavy atom. The first-order chi connectivity index (χ1) is 9.05. The first-order valence-corrected chi connectivity index (χ1v) is 7.64. The highest BCUT2D eigenvalue weighted by molar-refractivity contribution is 5.85. The van der Waals surface area contributed by atoms with Gasteiger partial charge in [0.1, 0.15) is 0 Å². The van der Waals surface area contributed by atoms with Crippen molar-refractivity contribution in [3.8, 4) is 0 Å². The van der Waals surface area contributed by atoms with Crippen LogP contribution in [0.1, 0.15) is 46.0 Å². The van der Waals surface area contributed by atoms with Gasteiger partial charge in [-0.2, -0.15) is 0 Å². The lowest BCUT2D eigenvalue weighted by molar-refractivity contribution is -0.124. The quantitative estimate of drug-likeness (QED) is 0.836. The third-order valence-corrected chi connectivity index (χ3v) is 4.46. The minimum atomic E-state index is 0. The van der Waals surface area contributed by atoms with E-state index in [1.165, 1.54) is 25.7 Å². The first-order valence-electron chi connectivity index (χ1n) is 7.64. The summed E-state index contributed by atoms with van der Waals surface area (Å²) in [4.78, 5) is 11.9. The Kier molecular flexibility index (Phi) is 7.27. The molecular formula is C15H29ClN2O2. The largest absolute Gasteiger partial charge is 0.375 e. The number of halogens is 1. The van der Waals surface area contributed by atoms with Crippen LogP contribution < -0.4 is 10.6 Å². The zero-order chi connectivity index (χ0) is 13.7. The second kappa shape index (κ2) is 8.20. The Hall–Kier alpha value is -0.320. The predicted molar refractivity (Wildman–Crippen MR) is 83.2 cm³/mol. The molecule has 1 atom stereocenters.